The number of hydrogen-bond acceptors (Lipinski definition) is 2. The van der Waals surface area contributed by atoms with Crippen molar-refractivity contribution in [1.29, 1.82) is 0 Å². The molecule has 0 aliphatic rings. The lowest BCUT2D eigenvalue weighted by molar-refractivity contribution is 0.461. The smallest absolute Gasteiger partial charge is 0.0115 e. The Morgan fingerprint density at radius 1 is 1.11 bits per heavy atom. The minimum Gasteiger partial charge on any atom is -0.314 e. The SMILES string of the molecule is CCCCCCCCC(Cc1cccs1)NCC. The number of nitrogens with one attached hydrogen (secondary N) is 1. The van der Waals surface area contributed by atoms with Crippen LogP contribution in [0.4, 0.5) is 0 Å². The van der Waals surface area contributed by atoms with Gasteiger partial charge < -0.3 is 5.32 Å². The van der Waals surface area contributed by atoms with Crippen molar-refractivity contribution in [3.05, 3.63) is 22.4 Å². The number of rotatable bonds is 11. The predicted octanol–water partition coefficient (Wildman–Crippen LogP) is 5.02. The molecule has 0 bridgehead atoms. The summed E-state index contributed by atoms with van der Waals surface area (Å²) >= 11 is 1.89. The Hall–Kier alpha value is -0.340. The molecular formula is C16H29NS. The first kappa shape index (κ1) is 15.7. The molecule has 1 unspecified atom stereocenters. The van der Waals surface area contributed by atoms with E-state index in [1.165, 1.54) is 56.2 Å². The second-order valence-corrected chi connectivity index (χ2v) is 6.13. The molecule has 0 radical (unpaired) electrons. The Labute approximate surface area is 117 Å². The van der Waals surface area contributed by atoms with Crippen LogP contribution in [0.1, 0.15) is 63.7 Å². The molecule has 1 aromatic rings. The molecule has 1 aromatic heterocycles. The van der Waals surface area contributed by atoms with Gasteiger partial charge in [-0.15, -0.1) is 11.3 Å². The van der Waals surface area contributed by atoms with Crippen molar-refractivity contribution in [2.75, 3.05) is 6.54 Å². The summed E-state index contributed by atoms with van der Waals surface area (Å²) in [7, 11) is 0. The zero-order valence-corrected chi connectivity index (χ0v) is 12.9. The van der Waals surface area contributed by atoms with Crippen LogP contribution in [0.15, 0.2) is 17.5 Å². The largest absolute Gasteiger partial charge is 0.314 e. The first-order valence-corrected chi connectivity index (χ1v) is 8.50. The molecule has 1 N–H and O–H groups in total. The molecule has 1 rings (SSSR count). The van der Waals surface area contributed by atoms with Crippen LogP contribution >= 0.6 is 11.3 Å². The van der Waals surface area contributed by atoms with Gasteiger partial charge in [0.2, 0.25) is 0 Å². The average Bonchev–Trinajstić information content (AvgIpc) is 2.86. The zero-order chi connectivity index (χ0) is 13.1. The van der Waals surface area contributed by atoms with Gasteiger partial charge >= 0.3 is 0 Å². The Balaban J connectivity index is 2.13. The molecule has 0 aliphatic carbocycles. The lowest BCUT2D eigenvalue weighted by Crippen LogP contribution is -2.30. The van der Waals surface area contributed by atoms with E-state index in [1.807, 2.05) is 11.3 Å². The molecule has 1 atom stereocenters. The molecule has 1 nitrogen and oxygen atoms in total. The molecule has 0 saturated heterocycles. The topological polar surface area (TPSA) is 12.0 Å². The Morgan fingerprint density at radius 3 is 2.56 bits per heavy atom. The number of unbranched alkanes of at least 4 members (excludes halogenated alkanes) is 5. The molecular weight excluding hydrogens is 238 g/mol. The van der Waals surface area contributed by atoms with Crippen LogP contribution in [0.25, 0.3) is 0 Å². The van der Waals surface area contributed by atoms with Crippen molar-refractivity contribution in [3.8, 4) is 0 Å². The summed E-state index contributed by atoms with van der Waals surface area (Å²) in [5.74, 6) is 0. The summed E-state index contributed by atoms with van der Waals surface area (Å²) in [6.07, 6.45) is 10.9. The van der Waals surface area contributed by atoms with E-state index in [2.05, 4.69) is 36.7 Å². The van der Waals surface area contributed by atoms with Gasteiger partial charge in [-0.3, -0.25) is 0 Å². The molecule has 104 valence electrons. The fourth-order valence-corrected chi connectivity index (χ4v) is 3.19. The fourth-order valence-electron chi connectivity index (χ4n) is 2.41. The highest BCUT2D eigenvalue weighted by Gasteiger charge is 2.08. The van der Waals surface area contributed by atoms with E-state index in [0.29, 0.717) is 6.04 Å². The first-order chi connectivity index (χ1) is 8.86. The zero-order valence-electron chi connectivity index (χ0n) is 12.1. The third kappa shape index (κ3) is 7.17. The van der Waals surface area contributed by atoms with Gasteiger partial charge in [-0.2, -0.15) is 0 Å². The van der Waals surface area contributed by atoms with Crippen LogP contribution in [0.2, 0.25) is 0 Å². The lowest BCUT2D eigenvalue weighted by Gasteiger charge is -2.17. The Bertz CT molecular complexity index is 269. The first-order valence-electron chi connectivity index (χ1n) is 7.62. The van der Waals surface area contributed by atoms with E-state index in [9.17, 15) is 0 Å². The van der Waals surface area contributed by atoms with Gasteiger partial charge in [-0.1, -0.05) is 58.4 Å². The molecule has 0 aromatic carbocycles. The van der Waals surface area contributed by atoms with Crippen LogP contribution in [-0.2, 0) is 6.42 Å². The van der Waals surface area contributed by atoms with Crippen LogP contribution in [0.3, 0.4) is 0 Å². The van der Waals surface area contributed by atoms with Gasteiger partial charge in [-0.05, 0) is 30.8 Å². The molecule has 0 spiro atoms. The van der Waals surface area contributed by atoms with Gasteiger partial charge in [-0.25, -0.2) is 0 Å². The monoisotopic (exact) mass is 267 g/mol. The van der Waals surface area contributed by atoms with Crippen molar-refractivity contribution >= 4 is 11.3 Å². The summed E-state index contributed by atoms with van der Waals surface area (Å²) in [4.78, 5) is 1.52. The van der Waals surface area contributed by atoms with Crippen molar-refractivity contribution < 1.29 is 0 Å². The van der Waals surface area contributed by atoms with Crippen molar-refractivity contribution in [1.82, 2.24) is 5.32 Å². The second kappa shape index (κ2) is 10.6. The molecule has 18 heavy (non-hydrogen) atoms. The standard InChI is InChI=1S/C16H29NS/c1-3-5-6-7-8-9-11-15(17-4-2)14-16-12-10-13-18-16/h10,12-13,15,17H,3-9,11,14H2,1-2H3. The van der Waals surface area contributed by atoms with Gasteiger partial charge in [0.25, 0.3) is 0 Å². The van der Waals surface area contributed by atoms with Crippen LogP contribution in [0.5, 0.6) is 0 Å². The minimum atomic E-state index is 0.680. The average molecular weight is 267 g/mol. The highest BCUT2D eigenvalue weighted by Crippen LogP contribution is 2.15. The van der Waals surface area contributed by atoms with Gasteiger partial charge in [0.05, 0.1) is 0 Å². The third-order valence-corrected chi connectivity index (χ3v) is 4.33. The van der Waals surface area contributed by atoms with Gasteiger partial charge in [0.15, 0.2) is 0 Å². The normalized spacial score (nSPS) is 12.8. The number of thiophene rings is 1. The third-order valence-electron chi connectivity index (χ3n) is 3.43. The molecule has 0 amide bonds. The summed E-state index contributed by atoms with van der Waals surface area (Å²) in [5.41, 5.74) is 0. The molecule has 2 heteroatoms. The molecule has 0 fully saturated rings. The minimum absolute atomic E-state index is 0.680. The summed E-state index contributed by atoms with van der Waals surface area (Å²) in [6.45, 7) is 5.58. The quantitative estimate of drug-likeness (QED) is 0.555. The Morgan fingerprint density at radius 2 is 1.89 bits per heavy atom. The lowest BCUT2D eigenvalue weighted by atomic mass is 10.0. The van der Waals surface area contributed by atoms with Crippen LogP contribution < -0.4 is 5.32 Å². The highest BCUT2D eigenvalue weighted by atomic mass is 32.1. The van der Waals surface area contributed by atoms with E-state index in [0.717, 1.165) is 6.54 Å². The van der Waals surface area contributed by atoms with E-state index in [1.54, 1.807) is 0 Å². The molecule has 0 saturated carbocycles. The van der Waals surface area contributed by atoms with E-state index < -0.39 is 0 Å². The summed E-state index contributed by atoms with van der Waals surface area (Å²) in [6, 6.07) is 5.10. The van der Waals surface area contributed by atoms with Gasteiger partial charge in [0.1, 0.15) is 0 Å². The summed E-state index contributed by atoms with van der Waals surface area (Å²) in [5, 5.41) is 5.81. The number of likely N-dealkylation sites (N-methyl/N-ethyl adjacent to an activating group) is 1. The summed E-state index contributed by atoms with van der Waals surface area (Å²) < 4.78 is 0. The van der Waals surface area contributed by atoms with E-state index in [4.69, 9.17) is 0 Å². The molecule has 1 heterocycles. The highest BCUT2D eigenvalue weighted by molar-refractivity contribution is 7.09. The molecule has 0 aliphatic heterocycles. The Kier molecular flexibility index (Phi) is 9.23. The van der Waals surface area contributed by atoms with Crippen molar-refractivity contribution in [3.63, 3.8) is 0 Å². The van der Waals surface area contributed by atoms with Gasteiger partial charge in [0, 0.05) is 10.9 Å². The maximum Gasteiger partial charge on any atom is 0.0115 e. The van der Waals surface area contributed by atoms with Crippen LogP contribution in [0, 0.1) is 0 Å². The fraction of sp³-hybridized carbons (Fsp3) is 0.750. The van der Waals surface area contributed by atoms with Crippen LogP contribution in [-0.4, -0.2) is 12.6 Å². The van der Waals surface area contributed by atoms with E-state index >= 15 is 0 Å². The van der Waals surface area contributed by atoms with E-state index in [-0.39, 0.29) is 0 Å². The van der Waals surface area contributed by atoms with Crippen molar-refractivity contribution in [2.24, 2.45) is 0 Å². The second-order valence-electron chi connectivity index (χ2n) is 5.09. The number of hydrogen-bond donors (Lipinski definition) is 1. The maximum absolute atomic E-state index is 3.63. The maximum atomic E-state index is 3.63. The predicted molar refractivity (Wildman–Crippen MR) is 83.5 cm³/mol. The van der Waals surface area contributed by atoms with Crippen molar-refractivity contribution in [2.45, 2.75) is 71.3 Å².